The molecule has 2 atom stereocenters. The molecule has 0 N–H and O–H groups in total. The molecular formula is C18H21ClN2O3. The van der Waals surface area contributed by atoms with Crippen molar-refractivity contribution in [1.82, 2.24) is 9.80 Å². The molecule has 0 saturated carbocycles. The van der Waals surface area contributed by atoms with E-state index in [-0.39, 0.29) is 30.3 Å². The summed E-state index contributed by atoms with van der Waals surface area (Å²) in [7, 11) is 3.49. The van der Waals surface area contributed by atoms with Crippen molar-refractivity contribution in [1.29, 1.82) is 0 Å². The summed E-state index contributed by atoms with van der Waals surface area (Å²) in [6, 6.07) is 5.43. The largest absolute Gasteiger partial charge is 0.496 e. The number of hydrogen-bond donors (Lipinski definition) is 0. The first kappa shape index (κ1) is 17.0. The number of carbonyl (C=O) groups is 2. The van der Waals surface area contributed by atoms with Gasteiger partial charge in [0.2, 0.25) is 11.8 Å². The predicted molar refractivity (Wildman–Crippen MR) is 91.5 cm³/mol. The molecule has 0 spiro atoms. The van der Waals surface area contributed by atoms with Crippen molar-refractivity contribution in [2.24, 2.45) is 11.8 Å². The molecule has 1 heterocycles. The van der Waals surface area contributed by atoms with Gasteiger partial charge in [0.05, 0.1) is 25.6 Å². The summed E-state index contributed by atoms with van der Waals surface area (Å²) in [6.07, 6.45) is 5.32. The number of ether oxygens (including phenoxy) is 1. The zero-order valence-corrected chi connectivity index (χ0v) is 14.6. The standard InChI is InChI=1S/C18H21ClN2O3/c1-20(10-12-9-13(19)7-8-16(12)24-2)11-21-17(22)14-5-3-4-6-15(14)18(21)23/h3-4,7-9,14-15H,5-6,10-11H2,1-2H3/t14-,15-/m0/s1. The molecule has 24 heavy (non-hydrogen) atoms. The molecule has 1 aromatic carbocycles. The molecule has 2 aliphatic rings. The number of methoxy groups -OCH3 is 1. The summed E-state index contributed by atoms with van der Waals surface area (Å²) in [6.45, 7) is 0.814. The summed E-state index contributed by atoms with van der Waals surface area (Å²) in [5, 5.41) is 0.629. The van der Waals surface area contributed by atoms with Crippen LogP contribution in [-0.4, -0.2) is 42.4 Å². The second-order valence-electron chi connectivity index (χ2n) is 6.37. The van der Waals surface area contributed by atoms with E-state index in [1.54, 1.807) is 13.2 Å². The van der Waals surface area contributed by atoms with Gasteiger partial charge < -0.3 is 4.74 Å². The number of amides is 2. The molecule has 1 aliphatic carbocycles. The van der Waals surface area contributed by atoms with Gasteiger partial charge in [-0.25, -0.2) is 0 Å². The lowest BCUT2D eigenvalue weighted by Gasteiger charge is -2.24. The number of fused-ring (bicyclic) bond motifs is 1. The Labute approximate surface area is 146 Å². The van der Waals surface area contributed by atoms with E-state index in [9.17, 15) is 9.59 Å². The minimum atomic E-state index is -0.184. The van der Waals surface area contributed by atoms with Crippen molar-refractivity contribution >= 4 is 23.4 Å². The van der Waals surface area contributed by atoms with E-state index in [1.807, 2.05) is 36.2 Å². The second kappa shape index (κ2) is 6.95. The van der Waals surface area contributed by atoms with Gasteiger partial charge in [0, 0.05) is 17.1 Å². The molecule has 6 heteroatoms. The molecule has 0 unspecified atom stereocenters. The molecule has 1 aliphatic heterocycles. The summed E-state index contributed by atoms with van der Waals surface area (Å²) >= 11 is 6.06. The van der Waals surface area contributed by atoms with Gasteiger partial charge in [-0.3, -0.25) is 19.4 Å². The lowest BCUT2D eigenvalue weighted by molar-refractivity contribution is -0.142. The van der Waals surface area contributed by atoms with Crippen LogP contribution in [0.3, 0.4) is 0 Å². The van der Waals surface area contributed by atoms with Gasteiger partial charge in [-0.05, 0) is 38.1 Å². The number of rotatable bonds is 5. The Bertz CT molecular complexity index is 663. The zero-order valence-electron chi connectivity index (χ0n) is 13.9. The van der Waals surface area contributed by atoms with E-state index in [1.165, 1.54) is 4.90 Å². The third-order valence-electron chi connectivity index (χ3n) is 4.66. The van der Waals surface area contributed by atoms with Crippen molar-refractivity contribution in [2.45, 2.75) is 19.4 Å². The third-order valence-corrected chi connectivity index (χ3v) is 4.90. The van der Waals surface area contributed by atoms with Gasteiger partial charge in [0.15, 0.2) is 0 Å². The normalized spacial score (nSPS) is 23.1. The van der Waals surface area contributed by atoms with Crippen LogP contribution in [0, 0.1) is 11.8 Å². The molecule has 128 valence electrons. The quantitative estimate of drug-likeness (QED) is 0.606. The van der Waals surface area contributed by atoms with E-state index in [2.05, 4.69) is 0 Å². The summed E-state index contributed by atoms with van der Waals surface area (Å²) < 4.78 is 5.35. The fourth-order valence-corrected chi connectivity index (χ4v) is 3.66. The number of benzene rings is 1. The minimum Gasteiger partial charge on any atom is -0.496 e. The highest BCUT2D eigenvalue weighted by Gasteiger charge is 2.47. The number of halogens is 1. The van der Waals surface area contributed by atoms with Gasteiger partial charge in [0.25, 0.3) is 0 Å². The molecule has 0 radical (unpaired) electrons. The summed E-state index contributed by atoms with van der Waals surface area (Å²) in [5.74, 6) is 0.259. The van der Waals surface area contributed by atoms with E-state index in [4.69, 9.17) is 16.3 Å². The van der Waals surface area contributed by atoms with Crippen LogP contribution < -0.4 is 4.74 Å². The minimum absolute atomic E-state index is 0.0562. The third kappa shape index (κ3) is 3.19. The lowest BCUT2D eigenvalue weighted by atomic mass is 9.85. The number of imide groups is 1. The monoisotopic (exact) mass is 348 g/mol. The van der Waals surface area contributed by atoms with Gasteiger partial charge in [-0.1, -0.05) is 23.8 Å². The van der Waals surface area contributed by atoms with Crippen LogP contribution in [0.15, 0.2) is 30.4 Å². The first-order chi connectivity index (χ1) is 11.5. The van der Waals surface area contributed by atoms with Gasteiger partial charge in [-0.15, -0.1) is 0 Å². The van der Waals surface area contributed by atoms with Crippen LogP contribution in [0.4, 0.5) is 0 Å². The van der Waals surface area contributed by atoms with Crippen molar-refractivity contribution in [2.75, 3.05) is 20.8 Å². The van der Waals surface area contributed by atoms with Crippen molar-refractivity contribution in [3.8, 4) is 5.75 Å². The predicted octanol–water partition coefficient (Wildman–Crippen LogP) is 2.69. The molecule has 0 aromatic heterocycles. The van der Waals surface area contributed by atoms with Crippen LogP contribution in [-0.2, 0) is 16.1 Å². The highest BCUT2D eigenvalue weighted by Crippen LogP contribution is 2.35. The second-order valence-corrected chi connectivity index (χ2v) is 6.81. The topological polar surface area (TPSA) is 49.9 Å². The molecule has 0 bridgehead atoms. The van der Waals surface area contributed by atoms with Crippen LogP contribution >= 0.6 is 11.6 Å². The molecule has 5 nitrogen and oxygen atoms in total. The van der Waals surface area contributed by atoms with Gasteiger partial charge in [0.1, 0.15) is 5.75 Å². The Morgan fingerprint density at radius 1 is 1.21 bits per heavy atom. The van der Waals surface area contributed by atoms with Crippen molar-refractivity contribution < 1.29 is 14.3 Å². The van der Waals surface area contributed by atoms with E-state index in [0.717, 1.165) is 11.3 Å². The number of likely N-dealkylation sites (tertiary alicyclic amines) is 1. The Morgan fingerprint density at radius 3 is 2.42 bits per heavy atom. The maximum Gasteiger partial charge on any atom is 0.234 e. The Morgan fingerprint density at radius 2 is 1.83 bits per heavy atom. The van der Waals surface area contributed by atoms with Crippen LogP contribution in [0.1, 0.15) is 18.4 Å². The maximum absolute atomic E-state index is 12.5. The van der Waals surface area contributed by atoms with Crippen LogP contribution in [0.2, 0.25) is 5.02 Å². The molecule has 1 saturated heterocycles. The maximum atomic E-state index is 12.5. The first-order valence-electron chi connectivity index (χ1n) is 8.02. The summed E-state index contributed by atoms with van der Waals surface area (Å²) in [5.41, 5.74) is 0.922. The highest BCUT2D eigenvalue weighted by atomic mass is 35.5. The zero-order chi connectivity index (χ0) is 17.3. The Balaban J connectivity index is 1.69. The fourth-order valence-electron chi connectivity index (χ4n) is 3.46. The average Bonchev–Trinajstić information content (AvgIpc) is 2.80. The summed E-state index contributed by atoms with van der Waals surface area (Å²) in [4.78, 5) is 28.3. The molecular weight excluding hydrogens is 328 g/mol. The van der Waals surface area contributed by atoms with Crippen molar-refractivity contribution in [3.63, 3.8) is 0 Å². The highest BCUT2D eigenvalue weighted by molar-refractivity contribution is 6.30. The first-order valence-corrected chi connectivity index (χ1v) is 8.40. The Kier molecular flexibility index (Phi) is 4.92. The molecule has 1 fully saturated rings. The SMILES string of the molecule is COc1ccc(Cl)cc1CN(C)CN1C(=O)[C@H]2CC=CC[C@@H]2C1=O. The lowest BCUT2D eigenvalue weighted by Crippen LogP contribution is -2.40. The van der Waals surface area contributed by atoms with Crippen molar-refractivity contribution in [3.05, 3.63) is 40.9 Å². The smallest absolute Gasteiger partial charge is 0.234 e. The number of allylic oxidation sites excluding steroid dienone is 2. The molecule has 3 rings (SSSR count). The Hall–Kier alpha value is -1.85. The van der Waals surface area contributed by atoms with E-state index < -0.39 is 0 Å². The average molecular weight is 349 g/mol. The molecule has 1 aromatic rings. The van der Waals surface area contributed by atoms with E-state index >= 15 is 0 Å². The van der Waals surface area contributed by atoms with Gasteiger partial charge in [-0.2, -0.15) is 0 Å². The number of hydrogen-bond acceptors (Lipinski definition) is 4. The number of nitrogens with zero attached hydrogens (tertiary/aromatic N) is 2. The van der Waals surface area contributed by atoms with E-state index in [0.29, 0.717) is 24.4 Å². The van der Waals surface area contributed by atoms with Crippen LogP contribution in [0.5, 0.6) is 5.75 Å². The fraction of sp³-hybridized carbons (Fsp3) is 0.444. The van der Waals surface area contributed by atoms with Crippen LogP contribution in [0.25, 0.3) is 0 Å². The molecule has 2 amide bonds. The number of carbonyl (C=O) groups excluding carboxylic acids is 2. The van der Waals surface area contributed by atoms with Gasteiger partial charge >= 0.3 is 0 Å².